The number of benzene rings is 3. The van der Waals surface area contributed by atoms with Crippen LogP contribution in [0.25, 0.3) is 17.2 Å². The summed E-state index contributed by atoms with van der Waals surface area (Å²) < 4.78 is 0. The highest BCUT2D eigenvalue weighted by Crippen LogP contribution is 2.27. The molecule has 1 N–H and O–H groups in total. The Morgan fingerprint density at radius 2 is 1.35 bits per heavy atom. The molecule has 0 radical (unpaired) electrons. The van der Waals surface area contributed by atoms with Gasteiger partial charge in [-0.2, -0.15) is 0 Å². The second-order valence-electron chi connectivity index (χ2n) is 5.14. The molecule has 112 valence electrons. The van der Waals surface area contributed by atoms with Crippen LogP contribution in [-0.4, -0.2) is 5.91 Å². The highest BCUT2D eigenvalue weighted by molar-refractivity contribution is 6.04. The predicted molar refractivity (Wildman–Crippen MR) is 96.0 cm³/mol. The van der Waals surface area contributed by atoms with Gasteiger partial charge in [0.2, 0.25) is 5.91 Å². The first-order valence-corrected chi connectivity index (χ1v) is 7.51. The van der Waals surface area contributed by atoms with Crippen molar-refractivity contribution in [3.63, 3.8) is 0 Å². The minimum Gasteiger partial charge on any atom is -0.322 e. The number of hydrogen-bond acceptors (Lipinski definition) is 1. The van der Waals surface area contributed by atoms with Crippen molar-refractivity contribution in [3.8, 4) is 11.1 Å². The van der Waals surface area contributed by atoms with Gasteiger partial charge in [-0.25, -0.2) is 0 Å². The molecule has 3 aromatic rings. The molecule has 0 atom stereocenters. The topological polar surface area (TPSA) is 29.1 Å². The Morgan fingerprint density at radius 3 is 2.09 bits per heavy atom. The molecule has 3 rings (SSSR count). The zero-order valence-electron chi connectivity index (χ0n) is 12.6. The van der Waals surface area contributed by atoms with E-state index in [0.717, 1.165) is 22.4 Å². The Hall–Kier alpha value is -3.13. The van der Waals surface area contributed by atoms with Gasteiger partial charge in [-0.05, 0) is 23.3 Å². The van der Waals surface area contributed by atoms with Crippen LogP contribution in [0.15, 0.2) is 91.0 Å². The third kappa shape index (κ3) is 3.95. The van der Waals surface area contributed by atoms with E-state index < -0.39 is 0 Å². The van der Waals surface area contributed by atoms with Gasteiger partial charge in [0.05, 0.1) is 0 Å². The number of rotatable bonds is 4. The molecular formula is C21H17NO. The van der Waals surface area contributed by atoms with Crippen LogP contribution in [0.3, 0.4) is 0 Å². The molecule has 0 spiro atoms. The normalized spacial score (nSPS) is 10.6. The number of para-hydroxylation sites is 1. The second-order valence-corrected chi connectivity index (χ2v) is 5.14. The van der Waals surface area contributed by atoms with E-state index in [4.69, 9.17) is 0 Å². The van der Waals surface area contributed by atoms with E-state index in [-0.39, 0.29) is 5.91 Å². The predicted octanol–water partition coefficient (Wildman–Crippen LogP) is 5.01. The number of nitrogens with one attached hydrogen (secondary N) is 1. The average molecular weight is 299 g/mol. The molecule has 1 amide bonds. The van der Waals surface area contributed by atoms with Crippen molar-refractivity contribution in [3.05, 3.63) is 96.6 Å². The second kappa shape index (κ2) is 7.23. The molecule has 0 fully saturated rings. The van der Waals surface area contributed by atoms with E-state index in [1.165, 1.54) is 0 Å². The molecule has 0 unspecified atom stereocenters. The van der Waals surface area contributed by atoms with Crippen molar-refractivity contribution in [2.75, 3.05) is 5.32 Å². The van der Waals surface area contributed by atoms with Crippen LogP contribution in [0, 0.1) is 0 Å². The largest absolute Gasteiger partial charge is 0.322 e. The molecule has 23 heavy (non-hydrogen) atoms. The maximum Gasteiger partial charge on any atom is 0.248 e. The summed E-state index contributed by atoms with van der Waals surface area (Å²) in [5.41, 5.74) is 3.89. The maximum atomic E-state index is 12.2. The van der Waals surface area contributed by atoms with Crippen LogP contribution < -0.4 is 5.32 Å². The van der Waals surface area contributed by atoms with E-state index >= 15 is 0 Å². The molecule has 3 aromatic carbocycles. The Kier molecular flexibility index (Phi) is 4.65. The van der Waals surface area contributed by atoms with Gasteiger partial charge in [0.25, 0.3) is 0 Å². The van der Waals surface area contributed by atoms with Crippen LogP contribution in [-0.2, 0) is 4.79 Å². The van der Waals surface area contributed by atoms with Crippen LogP contribution in [0.1, 0.15) is 5.56 Å². The first-order valence-electron chi connectivity index (χ1n) is 7.51. The Bertz CT molecular complexity index is 808. The molecule has 0 bridgehead atoms. The summed E-state index contributed by atoms with van der Waals surface area (Å²) >= 11 is 0. The van der Waals surface area contributed by atoms with E-state index in [2.05, 4.69) is 5.32 Å². The highest BCUT2D eigenvalue weighted by atomic mass is 16.1. The third-order valence-corrected chi connectivity index (χ3v) is 3.50. The first kappa shape index (κ1) is 14.8. The molecule has 0 saturated heterocycles. The zero-order valence-corrected chi connectivity index (χ0v) is 12.6. The van der Waals surface area contributed by atoms with E-state index in [1.807, 2.05) is 84.9 Å². The SMILES string of the molecule is O=C(/C=C/c1ccccc1)Nc1ccccc1-c1ccccc1. The van der Waals surface area contributed by atoms with Crippen molar-refractivity contribution >= 4 is 17.7 Å². The summed E-state index contributed by atoms with van der Waals surface area (Å²) in [6.07, 6.45) is 3.36. The van der Waals surface area contributed by atoms with Crippen LogP contribution >= 0.6 is 0 Å². The van der Waals surface area contributed by atoms with Gasteiger partial charge >= 0.3 is 0 Å². The van der Waals surface area contributed by atoms with Gasteiger partial charge < -0.3 is 5.32 Å². The quantitative estimate of drug-likeness (QED) is 0.674. The summed E-state index contributed by atoms with van der Waals surface area (Å²) in [5, 5.41) is 2.95. The molecule has 2 nitrogen and oxygen atoms in total. The lowest BCUT2D eigenvalue weighted by molar-refractivity contribution is -0.111. The number of carbonyl (C=O) groups is 1. The zero-order chi connectivity index (χ0) is 15.9. The molecule has 0 aromatic heterocycles. The fraction of sp³-hybridized carbons (Fsp3) is 0. The van der Waals surface area contributed by atoms with Gasteiger partial charge in [-0.15, -0.1) is 0 Å². The lowest BCUT2D eigenvalue weighted by Gasteiger charge is -2.10. The van der Waals surface area contributed by atoms with Gasteiger partial charge in [-0.1, -0.05) is 78.9 Å². The van der Waals surface area contributed by atoms with Crippen molar-refractivity contribution in [1.29, 1.82) is 0 Å². The van der Waals surface area contributed by atoms with Gasteiger partial charge in [0.15, 0.2) is 0 Å². The number of amides is 1. The lowest BCUT2D eigenvalue weighted by Crippen LogP contribution is -2.08. The van der Waals surface area contributed by atoms with Crippen LogP contribution in [0.5, 0.6) is 0 Å². The number of anilines is 1. The summed E-state index contributed by atoms with van der Waals surface area (Å²) in [7, 11) is 0. The molecule has 0 aliphatic heterocycles. The Balaban J connectivity index is 1.78. The molecule has 0 saturated carbocycles. The van der Waals surface area contributed by atoms with Crippen molar-refractivity contribution in [2.45, 2.75) is 0 Å². The van der Waals surface area contributed by atoms with Crippen molar-refractivity contribution in [1.82, 2.24) is 0 Å². The summed E-state index contributed by atoms with van der Waals surface area (Å²) in [5.74, 6) is -0.141. The molecular weight excluding hydrogens is 282 g/mol. The first-order chi connectivity index (χ1) is 11.3. The summed E-state index contributed by atoms with van der Waals surface area (Å²) in [4.78, 5) is 12.2. The highest BCUT2D eigenvalue weighted by Gasteiger charge is 2.05. The molecule has 0 aliphatic carbocycles. The standard InChI is InChI=1S/C21H17NO/c23-21(16-15-17-9-3-1-4-10-17)22-20-14-8-7-13-19(20)18-11-5-2-6-12-18/h1-16H,(H,22,23)/b16-15+. The summed E-state index contributed by atoms with van der Waals surface area (Å²) in [6, 6.07) is 27.6. The minimum atomic E-state index is -0.141. The molecule has 0 heterocycles. The van der Waals surface area contributed by atoms with E-state index in [9.17, 15) is 4.79 Å². The van der Waals surface area contributed by atoms with Crippen molar-refractivity contribution < 1.29 is 4.79 Å². The van der Waals surface area contributed by atoms with Gasteiger partial charge in [0.1, 0.15) is 0 Å². The van der Waals surface area contributed by atoms with Crippen LogP contribution in [0.4, 0.5) is 5.69 Å². The Labute approximate surface area is 136 Å². The lowest BCUT2D eigenvalue weighted by atomic mass is 10.0. The average Bonchev–Trinajstić information content (AvgIpc) is 2.62. The third-order valence-electron chi connectivity index (χ3n) is 3.50. The fourth-order valence-electron chi connectivity index (χ4n) is 2.37. The van der Waals surface area contributed by atoms with Gasteiger partial charge in [0, 0.05) is 17.3 Å². The minimum absolute atomic E-state index is 0.141. The summed E-state index contributed by atoms with van der Waals surface area (Å²) in [6.45, 7) is 0. The van der Waals surface area contributed by atoms with E-state index in [0.29, 0.717) is 0 Å². The van der Waals surface area contributed by atoms with Crippen molar-refractivity contribution in [2.24, 2.45) is 0 Å². The monoisotopic (exact) mass is 299 g/mol. The maximum absolute atomic E-state index is 12.2. The fourth-order valence-corrected chi connectivity index (χ4v) is 2.37. The van der Waals surface area contributed by atoms with Crippen LogP contribution in [0.2, 0.25) is 0 Å². The Morgan fingerprint density at radius 1 is 0.739 bits per heavy atom. The smallest absolute Gasteiger partial charge is 0.248 e. The number of hydrogen-bond donors (Lipinski definition) is 1. The molecule has 0 aliphatic rings. The van der Waals surface area contributed by atoms with Gasteiger partial charge in [-0.3, -0.25) is 4.79 Å². The van der Waals surface area contributed by atoms with E-state index in [1.54, 1.807) is 12.2 Å². The number of carbonyl (C=O) groups excluding carboxylic acids is 1. The molecule has 2 heteroatoms.